The largest absolute Gasteiger partial charge is 0.406 e. The standard InChI is InChI=1S/C18H20F3NO/c1-17(2,3)11-22(12-18(19,20)21)16(23)15-9-8-13-6-4-5-7-14(13)10-15/h4-10H,11-12H2,1-3H3. The normalized spacial score (nSPS) is 12.4. The lowest BCUT2D eigenvalue weighted by molar-refractivity contribution is -0.142. The molecule has 0 N–H and O–H groups in total. The maximum absolute atomic E-state index is 12.8. The summed E-state index contributed by atoms with van der Waals surface area (Å²) >= 11 is 0. The minimum Gasteiger partial charge on any atom is -0.329 e. The molecule has 2 rings (SSSR count). The summed E-state index contributed by atoms with van der Waals surface area (Å²) in [7, 11) is 0. The fourth-order valence-electron chi connectivity index (χ4n) is 2.49. The SMILES string of the molecule is CC(C)(C)CN(CC(F)(F)F)C(=O)c1ccc2ccccc2c1. The molecule has 0 spiro atoms. The molecule has 0 fully saturated rings. The Kier molecular flexibility index (Phi) is 4.68. The number of hydrogen-bond acceptors (Lipinski definition) is 1. The van der Waals surface area contributed by atoms with Crippen LogP contribution in [0.4, 0.5) is 13.2 Å². The van der Waals surface area contributed by atoms with Gasteiger partial charge in [-0.2, -0.15) is 13.2 Å². The van der Waals surface area contributed by atoms with Crippen LogP contribution in [0.5, 0.6) is 0 Å². The topological polar surface area (TPSA) is 20.3 Å². The summed E-state index contributed by atoms with van der Waals surface area (Å²) in [5, 5.41) is 1.78. The molecule has 1 amide bonds. The average molecular weight is 323 g/mol. The van der Waals surface area contributed by atoms with E-state index >= 15 is 0 Å². The Hall–Kier alpha value is -2.04. The first-order chi connectivity index (χ1) is 10.6. The third-order valence-electron chi connectivity index (χ3n) is 3.32. The Labute approximate surface area is 133 Å². The van der Waals surface area contributed by atoms with Gasteiger partial charge in [-0.05, 0) is 28.3 Å². The first-order valence-corrected chi connectivity index (χ1v) is 7.40. The summed E-state index contributed by atoms with van der Waals surface area (Å²) in [6.45, 7) is 4.23. The molecule has 0 aliphatic carbocycles. The number of benzene rings is 2. The number of carbonyl (C=O) groups is 1. The van der Waals surface area contributed by atoms with Gasteiger partial charge in [-0.15, -0.1) is 0 Å². The van der Waals surface area contributed by atoms with E-state index in [1.54, 1.807) is 18.2 Å². The summed E-state index contributed by atoms with van der Waals surface area (Å²) in [6.07, 6.45) is -4.42. The van der Waals surface area contributed by atoms with Gasteiger partial charge in [0, 0.05) is 12.1 Å². The van der Waals surface area contributed by atoms with Crippen LogP contribution in [0.3, 0.4) is 0 Å². The van der Waals surface area contributed by atoms with Crippen LogP contribution in [0.1, 0.15) is 31.1 Å². The highest BCUT2D eigenvalue weighted by Crippen LogP contribution is 2.24. The highest BCUT2D eigenvalue weighted by Gasteiger charge is 2.35. The number of carbonyl (C=O) groups excluding carboxylic acids is 1. The van der Waals surface area contributed by atoms with E-state index in [-0.39, 0.29) is 12.1 Å². The Bertz CT molecular complexity index is 685. The predicted octanol–water partition coefficient (Wildman–Crippen LogP) is 4.89. The van der Waals surface area contributed by atoms with Crippen molar-refractivity contribution in [2.45, 2.75) is 26.9 Å². The van der Waals surface area contributed by atoms with E-state index in [2.05, 4.69) is 0 Å². The van der Waals surface area contributed by atoms with Crippen LogP contribution in [0, 0.1) is 5.41 Å². The van der Waals surface area contributed by atoms with E-state index in [1.807, 2.05) is 45.0 Å². The van der Waals surface area contributed by atoms with E-state index in [4.69, 9.17) is 0 Å². The number of amides is 1. The number of rotatable bonds is 3. The Balaban J connectivity index is 2.33. The Morgan fingerprint density at radius 1 is 0.957 bits per heavy atom. The number of hydrogen-bond donors (Lipinski definition) is 0. The first-order valence-electron chi connectivity index (χ1n) is 7.40. The molecule has 2 nitrogen and oxygen atoms in total. The molecule has 0 heterocycles. The van der Waals surface area contributed by atoms with E-state index in [9.17, 15) is 18.0 Å². The molecular weight excluding hydrogens is 303 g/mol. The maximum atomic E-state index is 12.8. The number of fused-ring (bicyclic) bond motifs is 1. The fourth-order valence-corrected chi connectivity index (χ4v) is 2.49. The third kappa shape index (κ3) is 4.98. The molecule has 0 saturated heterocycles. The van der Waals surface area contributed by atoms with E-state index < -0.39 is 24.0 Å². The Morgan fingerprint density at radius 3 is 2.13 bits per heavy atom. The zero-order chi connectivity index (χ0) is 17.3. The molecule has 5 heteroatoms. The highest BCUT2D eigenvalue weighted by atomic mass is 19.4. The molecule has 2 aromatic carbocycles. The zero-order valence-electron chi connectivity index (χ0n) is 13.4. The molecule has 0 aliphatic rings. The monoisotopic (exact) mass is 323 g/mol. The van der Waals surface area contributed by atoms with E-state index in [0.29, 0.717) is 0 Å². The van der Waals surface area contributed by atoms with Gasteiger partial charge < -0.3 is 4.90 Å². The van der Waals surface area contributed by atoms with Crippen molar-refractivity contribution in [3.63, 3.8) is 0 Å². The molecule has 0 aromatic heterocycles. The molecule has 0 unspecified atom stereocenters. The molecule has 124 valence electrons. The number of halogens is 3. The van der Waals surface area contributed by atoms with Gasteiger partial charge in [0.05, 0.1) is 0 Å². The summed E-state index contributed by atoms with van der Waals surface area (Å²) in [6, 6.07) is 12.4. The fraction of sp³-hybridized carbons (Fsp3) is 0.389. The van der Waals surface area contributed by atoms with Crippen molar-refractivity contribution >= 4 is 16.7 Å². The van der Waals surface area contributed by atoms with Gasteiger partial charge in [0.15, 0.2) is 0 Å². The van der Waals surface area contributed by atoms with E-state index in [0.717, 1.165) is 15.7 Å². The lowest BCUT2D eigenvalue weighted by Gasteiger charge is -2.30. The van der Waals surface area contributed by atoms with Gasteiger partial charge in [-0.25, -0.2) is 0 Å². The molecule has 0 aliphatic heterocycles. The van der Waals surface area contributed by atoms with Crippen LogP contribution in [-0.2, 0) is 0 Å². The molecule has 2 aromatic rings. The summed E-state index contributed by atoms with van der Waals surface area (Å²) in [5.41, 5.74) is -0.144. The summed E-state index contributed by atoms with van der Waals surface area (Å²) < 4.78 is 38.4. The zero-order valence-corrected chi connectivity index (χ0v) is 13.4. The van der Waals surface area contributed by atoms with Gasteiger partial charge in [0.25, 0.3) is 5.91 Å². The molecule has 0 atom stereocenters. The van der Waals surface area contributed by atoms with Crippen LogP contribution in [0.15, 0.2) is 42.5 Å². The minimum atomic E-state index is -4.42. The van der Waals surface area contributed by atoms with Crippen molar-refractivity contribution in [1.29, 1.82) is 0 Å². The lowest BCUT2D eigenvalue weighted by Crippen LogP contribution is -2.43. The van der Waals surface area contributed by atoms with Crippen LogP contribution in [0.25, 0.3) is 10.8 Å². The number of alkyl halides is 3. The quantitative estimate of drug-likeness (QED) is 0.787. The predicted molar refractivity (Wildman–Crippen MR) is 85.4 cm³/mol. The van der Waals surface area contributed by atoms with Gasteiger partial charge >= 0.3 is 6.18 Å². The van der Waals surface area contributed by atoms with Gasteiger partial charge in [-0.3, -0.25) is 4.79 Å². The highest BCUT2D eigenvalue weighted by molar-refractivity contribution is 5.98. The van der Waals surface area contributed by atoms with Crippen molar-refractivity contribution in [2.75, 3.05) is 13.1 Å². The maximum Gasteiger partial charge on any atom is 0.406 e. The Morgan fingerprint density at radius 2 is 1.57 bits per heavy atom. The van der Waals surface area contributed by atoms with Crippen LogP contribution in [0.2, 0.25) is 0 Å². The molecule has 23 heavy (non-hydrogen) atoms. The molecule has 0 radical (unpaired) electrons. The van der Waals surface area contributed by atoms with Crippen molar-refractivity contribution < 1.29 is 18.0 Å². The van der Waals surface area contributed by atoms with Gasteiger partial charge in [0.2, 0.25) is 0 Å². The third-order valence-corrected chi connectivity index (χ3v) is 3.32. The lowest BCUT2D eigenvalue weighted by atomic mass is 9.95. The molecule has 0 saturated carbocycles. The average Bonchev–Trinajstić information content (AvgIpc) is 2.42. The molecular formula is C18H20F3NO. The van der Waals surface area contributed by atoms with Crippen molar-refractivity contribution in [3.8, 4) is 0 Å². The second-order valence-electron chi connectivity index (χ2n) is 6.90. The van der Waals surface area contributed by atoms with Gasteiger partial charge in [0.1, 0.15) is 6.54 Å². The summed E-state index contributed by atoms with van der Waals surface area (Å²) in [5.74, 6) is -0.594. The number of nitrogens with zero attached hydrogens (tertiary/aromatic N) is 1. The van der Waals surface area contributed by atoms with Crippen molar-refractivity contribution in [1.82, 2.24) is 4.90 Å². The summed E-state index contributed by atoms with van der Waals surface area (Å²) in [4.78, 5) is 13.4. The van der Waals surface area contributed by atoms with Crippen LogP contribution < -0.4 is 0 Å². The smallest absolute Gasteiger partial charge is 0.329 e. The van der Waals surface area contributed by atoms with Crippen molar-refractivity contribution in [2.24, 2.45) is 5.41 Å². The van der Waals surface area contributed by atoms with Crippen LogP contribution >= 0.6 is 0 Å². The molecule has 0 bridgehead atoms. The second kappa shape index (κ2) is 6.22. The minimum absolute atomic E-state index is 0.0399. The van der Waals surface area contributed by atoms with Crippen molar-refractivity contribution in [3.05, 3.63) is 48.0 Å². The van der Waals surface area contributed by atoms with Gasteiger partial charge in [-0.1, -0.05) is 51.1 Å². The first kappa shape index (κ1) is 17.3. The van der Waals surface area contributed by atoms with E-state index in [1.165, 1.54) is 0 Å². The van der Waals surface area contributed by atoms with Crippen LogP contribution in [-0.4, -0.2) is 30.1 Å². The second-order valence-corrected chi connectivity index (χ2v) is 6.90.